The van der Waals surface area contributed by atoms with Crippen molar-refractivity contribution in [3.63, 3.8) is 0 Å². The molecule has 12 heteroatoms. The lowest BCUT2D eigenvalue weighted by Gasteiger charge is -2.29. The largest absolute Gasteiger partial charge is 0.416 e. The van der Waals surface area contributed by atoms with Crippen LogP contribution in [0, 0.1) is 0 Å². The number of nitrogens with two attached hydrogens (primary N) is 1. The van der Waals surface area contributed by atoms with Crippen molar-refractivity contribution in [2.24, 2.45) is 5.73 Å². The molecule has 31 heavy (non-hydrogen) atoms. The summed E-state index contributed by atoms with van der Waals surface area (Å²) in [7, 11) is 0. The summed E-state index contributed by atoms with van der Waals surface area (Å²) in [5.74, 6) is -1.59. The van der Waals surface area contributed by atoms with Crippen LogP contribution in [0.25, 0.3) is 0 Å². The number of ketones is 1. The predicted molar refractivity (Wildman–Crippen MR) is 102 cm³/mol. The third kappa shape index (κ3) is 5.21. The first-order valence-electron chi connectivity index (χ1n) is 9.07. The summed E-state index contributed by atoms with van der Waals surface area (Å²) in [6.45, 7) is 1.22. The number of hydrogen-bond donors (Lipinski definition) is 3. The van der Waals surface area contributed by atoms with Gasteiger partial charge in [-0.25, -0.2) is 0 Å². The highest BCUT2D eigenvalue weighted by atomic mass is 19.4. The summed E-state index contributed by atoms with van der Waals surface area (Å²) >= 11 is 0. The van der Waals surface area contributed by atoms with Gasteiger partial charge < -0.3 is 21.3 Å². The summed E-state index contributed by atoms with van der Waals surface area (Å²) < 4.78 is 39.9. The second-order valence-corrected chi connectivity index (χ2v) is 6.91. The third-order valence-electron chi connectivity index (χ3n) is 4.38. The molecule has 4 N–H and O–H groups in total. The minimum atomic E-state index is -4.46. The van der Waals surface area contributed by atoms with E-state index in [1.165, 1.54) is 41.0 Å². The first-order chi connectivity index (χ1) is 14.5. The van der Waals surface area contributed by atoms with Crippen LogP contribution in [0.5, 0.6) is 0 Å². The number of halogens is 3. The van der Waals surface area contributed by atoms with Crippen LogP contribution in [0.3, 0.4) is 0 Å². The van der Waals surface area contributed by atoms with E-state index in [-0.39, 0.29) is 42.6 Å². The zero-order valence-electron chi connectivity index (χ0n) is 16.4. The molecule has 1 aliphatic rings. The van der Waals surface area contributed by atoms with Crippen molar-refractivity contribution in [1.29, 1.82) is 0 Å². The molecule has 2 amide bonds. The Morgan fingerprint density at radius 1 is 1.32 bits per heavy atom. The van der Waals surface area contributed by atoms with Crippen molar-refractivity contribution in [3.05, 3.63) is 64.9 Å². The average molecular weight is 436 g/mol. The van der Waals surface area contributed by atoms with E-state index in [9.17, 15) is 27.6 Å². The van der Waals surface area contributed by atoms with E-state index in [0.29, 0.717) is 5.56 Å². The molecule has 1 aromatic heterocycles. The van der Waals surface area contributed by atoms with Crippen molar-refractivity contribution in [2.75, 3.05) is 13.2 Å². The van der Waals surface area contributed by atoms with Crippen molar-refractivity contribution in [1.82, 2.24) is 25.3 Å². The van der Waals surface area contributed by atoms with Gasteiger partial charge in [-0.05, 0) is 24.6 Å². The fourth-order valence-corrected chi connectivity index (χ4v) is 2.92. The van der Waals surface area contributed by atoms with Gasteiger partial charge in [0.15, 0.2) is 0 Å². The minimum Gasteiger partial charge on any atom is -0.384 e. The number of aromatic nitrogens is 2. The molecule has 1 aliphatic heterocycles. The van der Waals surface area contributed by atoms with Crippen LogP contribution in [-0.2, 0) is 22.3 Å². The lowest BCUT2D eigenvalue weighted by molar-refractivity contribution is -0.137. The van der Waals surface area contributed by atoms with Crippen molar-refractivity contribution < 1.29 is 27.6 Å². The molecular weight excluding hydrogens is 417 g/mol. The second kappa shape index (κ2) is 8.50. The molecule has 0 saturated carbocycles. The van der Waals surface area contributed by atoms with E-state index < -0.39 is 23.6 Å². The Labute approximate surface area is 174 Å². The van der Waals surface area contributed by atoms with Gasteiger partial charge >= 0.3 is 6.18 Å². The molecule has 2 heterocycles. The molecule has 0 unspecified atom stereocenters. The van der Waals surface area contributed by atoms with Crippen molar-refractivity contribution in [2.45, 2.75) is 19.6 Å². The molecule has 3 rings (SSSR count). The molecule has 0 bridgehead atoms. The fourth-order valence-electron chi connectivity index (χ4n) is 2.92. The minimum absolute atomic E-state index is 0.00884. The van der Waals surface area contributed by atoms with Gasteiger partial charge in [0.25, 0.3) is 11.8 Å². The molecule has 164 valence electrons. The van der Waals surface area contributed by atoms with Crippen LogP contribution in [0.4, 0.5) is 13.2 Å². The van der Waals surface area contributed by atoms with Gasteiger partial charge in [-0.15, -0.1) is 0 Å². The summed E-state index contributed by atoms with van der Waals surface area (Å²) in [6, 6.07) is 4.77. The Hall–Kier alpha value is -3.83. The maximum Gasteiger partial charge on any atom is 0.416 e. The number of nitrogens with one attached hydrogen (secondary N) is 2. The van der Waals surface area contributed by atoms with Crippen LogP contribution in [0.1, 0.15) is 28.4 Å². The fraction of sp³-hybridized carbons (Fsp3) is 0.263. The molecule has 0 aliphatic carbocycles. The molecule has 9 nitrogen and oxygen atoms in total. The number of benzene rings is 1. The zero-order valence-corrected chi connectivity index (χ0v) is 16.4. The normalized spacial score (nSPS) is 14.5. The number of carbonyl (C=O) groups excluding carboxylic acids is 3. The van der Waals surface area contributed by atoms with E-state index in [1.54, 1.807) is 0 Å². The van der Waals surface area contributed by atoms with Crippen molar-refractivity contribution in [3.8, 4) is 0 Å². The van der Waals surface area contributed by atoms with Crippen LogP contribution in [0.2, 0.25) is 0 Å². The van der Waals surface area contributed by atoms with Gasteiger partial charge in [0, 0.05) is 6.20 Å². The molecule has 0 atom stereocenters. The van der Waals surface area contributed by atoms with Crippen molar-refractivity contribution >= 4 is 17.6 Å². The first kappa shape index (κ1) is 21.9. The predicted octanol–water partition coefficient (Wildman–Crippen LogP) is 0.786. The topological polar surface area (TPSA) is 122 Å². The Bertz CT molecular complexity index is 1060. The number of nitrogens with zero attached hydrogens (tertiary/aromatic N) is 3. The number of amides is 2. The number of alkyl halides is 3. The maximum absolute atomic E-state index is 12.9. The van der Waals surface area contributed by atoms with Gasteiger partial charge in [-0.3, -0.25) is 19.1 Å². The SMILES string of the molecule is CC(=O)CN1CNC(N)=C(NC(=O)c2cnn(Cc3cccc(C(F)(F)F)c3)c2)C1=O. The Morgan fingerprint density at radius 3 is 2.74 bits per heavy atom. The van der Waals surface area contributed by atoms with Gasteiger partial charge in [0.05, 0.1) is 37.1 Å². The highest BCUT2D eigenvalue weighted by Gasteiger charge is 2.30. The van der Waals surface area contributed by atoms with Gasteiger partial charge in [-0.1, -0.05) is 12.1 Å². The van der Waals surface area contributed by atoms with Gasteiger partial charge in [0.2, 0.25) is 0 Å². The Balaban J connectivity index is 1.71. The lowest BCUT2D eigenvalue weighted by atomic mass is 10.1. The number of hydrogen-bond acceptors (Lipinski definition) is 6. The smallest absolute Gasteiger partial charge is 0.384 e. The van der Waals surface area contributed by atoms with Crippen LogP contribution >= 0.6 is 0 Å². The van der Waals surface area contributed by atoms with Gasteiger partial charge in [-0.2, -0.15) is 18.3 Å². The molecular formula is C19H19F3N6O3. The first-order valence-corrected chi connectivity index (χ1v) is 9.07. The van der Waals surface area contributed by atoms with E-state index >= 15 is 0 Å². The van der Waals surface area contributed by atoms with E-state index in [2.05, 4.69) is 15.7 Å². The van der Waals surface area contributed by atoms with E-state index in [4.69, 9.17) is 5.73 Å². The molecule has 0 radical (unpaired) electrons. The standard InChI is InChI=1S/C19H19F3N6O3/c1-11(29)7-27-10-24-16(23)15(18(27)31)26-17(30)13-6-25-28(9-13)8-12-3-2-4-14(5-12)19(20,21)22/h2-6,9,24H,7-8,10,23H2,1H3,(H,26,30). The quantitative estimate of drug-likeness (QED) is 0.615. The highest BCUT2D eigenvalue weighted by Crippen LogP contribution is 2.29. The van der Waals surface area contributed by atoms with Gasteiger partial charge in [0.1, 0.15) is 17.3 Å². The summed E-state index contributed by atoms with van der Waals surface area (Å²) in [5, 5.41) is 9.09. The van der Waals surface area contributed by atoms with Crippen LogP contribution < -0.4 is 16.4 Å². The van der Waals surface area contributed by atoms with E-state index in [0.717, 1.165) is 12.1 Å². The summed E-state index contributed by atoms with van der Waals surface area (Å²) in [6.07, 6.45) is -1.91. The van der Waals surface area contributed by atoms with Crippen LogP contribution in [-0.4, -0.2) is 45.5 Å². The maximum atomic E-state index is 12.9. The lowest BCUT2D eigenvalue weighted by Crippen LogP contribution is -2.52. The number of rotatable bonds is 6. The second-order valence-electron chi connectivity index (χ2n) is 6.91. The molecule has 1 aromatic carbocycles. The van der Waals surface area contributed by atoms with E-state index in [1.807, 2.05) is 0 Å². The molecule has 0 saturated heterocycles. The monoisotopic (exact) mass is 436 g/mol. The number of Topliss-reactive ketones (excluding diaryl/α,β-unsaturated/α-hetero) is 1. The Kier molecular flexibility index (Phi) is 5.99. The highest BCUT2D eigenvalue weighted by molar-refractivity contribution is 6.04. The molecule has 0 fully saturated rings. The zero-order chi connectivity index (χ0) is 22.8. The average Bonchev–Trinajstić information content (AvgIpc) is 3.15. The third-order valence-corrected chi connectivity index (χ3v) is 4.38. The summed E-state index contributed by atoms with van der Waals surface area (Å²) in [4.78, 5) is 37.5. The summed E-state index contributed by atoms with van der Waals surface area (Å²) in [5.41, 5.74) is 5.19. The molecule has 2 aromatic rings. The number of carbonyl (C=O) groups is 3. The van der Waals surface area contributed by atoms with Crippen LogP contribution in [0.15, 0.2) is 48.2 Å². The Morgan fingerprint density at radius 2 is 2.06 bits per heavy atom. The molecule has 0 spiro atoms.